The first-order valence-electron chi connectivity index (χ1n) is 11.2. The van der Waals surface area contributed by atoms with Crippen LogP contribution in [0.4, 0.5) is 4.39 Å². The highest BCUT2D eigenvalue weighted by atomic mass is 19.1. The second-order valence-corrected chi connectivity index (χ2v) is 8.46. The topological polar surface area (TPSA) is 106 Å². The molecular formula is C24H24FN5O4. The van der Waals surface area contributed by atoms with Gasteiger partial charge in [0.05, 0.1) is 12.1 Å². The Balaban J connectivity index is 1.12. The summed E-state index contributed by atoms with van der Waals surface area (Å²) in [5.41, 5.74) is 1.78. The zero-order valence-electron chi connectivity index (χ0n) is 18.4. The predicted octanol–water partition coefficient (Wildman–Crippen LogP) is 2.81. The van der Waals surface area contributed by atoms with Crippen LogP contribution in [0.15, 0.2) is 62.3 Å². The Morgan fingerprint density at radius 1 is 1.09 bits per heavy atom. The maximum absolute atomic E-state index is 13.9. The average molecular weight is 465 g/mol. The molecule has 1 saturated heterocycles. The van der Waals surface area contributed by atoms with Gasteiger partial charge in [0.2, 0.25) is 0 Å². The number of carbonyl (C=O) groups is 1. The SMILES string of the molecule is O=C(NCC1CCN(Cc2ccccc2F)CC1)c1nc(Cn2c(=O)oc3ccccc32)no1. The van der Waals surface area contributed by atoms with E-state index in [-0.39, 0.29) is 24.1 Å². The zero-order chi connectivity index (χ0) is 23.5. The molecule has 0 unspecified atom stereocenters. The number of hydrogen-bond acceptors (Lipinski definition) is 7. The fraction of sp³-hybridized carbons (Fsp3) is 0.333. The molecule has 3 heterocycles. The maximum Gasteiger partial charge on any atom is 0.420 e. The lowest BCUT2D eigenvalue weighted by molar-refractivity contribution is 0.0891. The molecule has 0 aliphatic carbocycles. The number of nitrogens with one attached hydrogen (secondary N) is 1. The van der Waals surface area contributed by atoms with Gasteiger partial charge in [0.25, 0.3) is 0 Å². The largest absolute Gasteiger partial charge is 0.420 e. The third-order valence-electron chi connectivity index (χ3n) is 6.15. The summed E-state index contributed by atoms with van der Waals surface area (Å²) in [5, 5.41) is 6.68. The van der Waals surface area contributed by atoms with Gasteiger partial charge >= 0.3 is 17.6 Å². The van der Waals surface area contributed by atoms with Crippen LogP contribution >= 0.6 is 0 Å². The van der Waals surface area contributed by atoms with Crippen molar-refractivity contribution in [2.45, 2.75) is 25.9 Å². The van der Waals surface area contributed by atoms with Gasteiger partial charge in [-0.25, -0.2) is 9.18 Å². The molecule has 1 N–H and O–H groups in total. The van der Waals surface area contributed by atoms with Gasteiger partial charge in [0.1, 0.15) is 5.82 Å². The van der Waals surface area contributed by atoms with Crippen molar-refractivity contribution < 1.29 is 18.1 Å². The second kappa shape index (κ2) is 9.60. The van der Waals surface area contributed by atoms with Gasteiger partial charge in [-0.2, -0.15) is 4.98 Å². The molecule has 2 aromatic carbocycles. The number of benzene rings is 2. The summed E-state index contributed by atoms with van der Waals surface area (Å²) >= 11 is 0. The van der Waals surface area contributed by atoms with E-state index in [1.54, 1.807) is 30.3 Å². The van der Waals surface area contributed by atoms with Gasteiger partial charge in [-0.05, 0) is 50.0 Å². The molecule has 1 fully saturated rings. The number of fused-ring (bicyclic) bond motifs is 1. The summed E-state index contributed by atoms with van der Waals surface area (Å²) in [4.78, 5) is 30.9. The Kier molecular flexibility index (Phi) is 6.22. The van der Waals surface area contributed by atoms with Crippen molar-refractivity contribution >= 4 is 17.0 Å². The molecule has 0 atom stereocenters. The van der Waals surface area contributed by atoms with E-state index in [2.05, 4.69) is 20.4 Å². The van der Waals surface area contributed by atoms with Crippen molar-refractivity contribution in [3.05, 3.63) is 82.2 Å². The van der Waals surface area contributed by atoms with E-state index in [0.29, 0.717) is 35.7 Å². The van der Waals surface area contributed by atoms with Crippen LogP contribution in [0.2, 0.25) is 0 Å². The predicted molar refractivity (Wildman–Crippen MR) is 121 cm³/mol. The third kappa shape index (κ3) is 4.76. The minimum atomic E-state index is -0.529. The first-order valence-corrected chi connectivity index (χ1v) is 11.2. The number of carbonyl (C=O) groups excluding carboxylic acids is 1. The number of oxazole rings is 1. The van der Waals surface area contributed by atoms with E-state index in [4.69, 9.17) is 8.94 Å². The van der Waals surface area contributed by atoms with Crippen LogP contribution in [0.25, 0.3) is 11.1 Å². The minimum Gasteiger partial charge on any atom is -0.408 e. The van der Waals surface area contributed by atoms with Gasteiger partial charge in [0.15, 0.2) is 11.4 Å². The normalized spacial score (nSPS) is 15.1. The molecule has 5 rings (SSSR count). The van der Waals surface area contributed by atoms with Gasteiger partial charge in [-0.3, -0.25) is 14.3 Å². The molecule has 0 radical (unpaired) electrons. The van der Waals surface area contributed by atoms with E-state index in [1.807, 2.05) is 12.1 Å². The molecule has 1 aliphatic heterocycles. The number of rotatable bonds is 7. The summed E-state index contributed by atoms with van der Waals surface area (Å²) in [7, 11) is 0. The number of aromatic nitrogens is 3. The maximum atomic E-state index is 13.9. The lowest BCUT2D eigenvalue weighted by Gasteiger charge is -2.32. The van der Waals surface area contributed by atoms with Crippen molar-refractivity contribution in [3.63, 3.8) is 0 Å². The number of para-hydroxylation sites is 2. The van der Waals surface area contributed by atoms with Crippen molar-refractivity contribution in [2.24, 2.45) is 5.92 Å². The fourth-order valence-electron chi connectivity index (χ4n) is 4.24. The van der Waals surface area contributed by atoms with Crippen molar-refractivity contribution in [2.75, 3.05) is 19.6 Å². The number of amides is 1. The summed E-state index contributed by atoms with van der Waals surface area (Å²) < 4.78 is 25.6. The first kappa shape index (κ1) is 22.0. The minimum absolute atomic E-state index is 0.0348. The molecule has 0 bridgehead atoms. The van der Waals surface area contributed by atoms with Crippen LogP contribution in [-0.2, 0) is 13.1 Å². The summed E-state index contributed by atoms with van der Waals surface area (Å²) in [6.45, 7) is 2.80. The summed E-state index contributed by atoms with van der Waals surface area (Å²) in [6, 6.07) is 13.9. The Morgan fingerprint density at radius 3 is 2.68 bits per heavy atom. The van der Waals surface area contributed by atoms with Crippen LogP contribution in [0.5, 0.6) is 0 Å². The van der Waals surface area contributed by atoms with Crippen LogP contribution in [0.1, 0.15) is 34.9 Å². The molecule has 1 aliphatic rings. The van der Waals surface area contributed by atoms with Crippen LogP contribution < -0.4 is 11.1 Å². The van der Waals surface area contributed by atoms with Gasteiger partial charge in [0, 0.05) is 18.7 Å². The van der Waals surface area contributed by atoms with Crippen molar-refractivity contribution in [3.8, 4) is 0 Å². The van der Waals surface area contributed by atoms with Gasteiger partial charge in [-0.15, -0.1) is 0 Å². The number of hydrogen-bond donors (Lipinski definition) is 1. The number of piperidine rings is 1. The van der Waals surface area contributed by atoms with Gasteiger partial charge < -0.3 is 14.3 Å². The monoisotopic (exact) mass is 465 g/mol. The van der Waals surface area contributed by atoms with Gasteiger partial charge in [-0.1, -0.05) is 35.5 Å². The average Bonchev–Trinajstić information content (AvgIpc) is 3.45. The van der Waals surface area contributed by atoms with E-state index >= 15 is 0 Å². The molecule has 176 valence electrons. The van der Waals surface area contributed by atoms with Crippen LogP contribution in [-0.4, -0.2) is 45.1 Å². The van der Waals surface area contributed by atoms with E-state index in [9.17, 15) is 14.0 Å². The molecule has 4 aromatic rings. The van der Waals surface area contributed by atoms with E-state index in [1.165, 1.54) is 10.6 Å². The highest BCUT2D eigenvalue weighted by molar-refractivity contribution is 5.89. The molecular weight excluding hydrogens is 441 g/mol. The highest BCUT2D eigenvalue weighted by Gasteiger charge is 2.22. The molecule has 0 saturated carbocycles. The number of nitrogens with zero attached hydrogens (tertiary/aromatic N) is 4. The molecule has 2 aromatic heterocycles. The Bertz CT molecular complexity index is 1350. The highest BCUT2D eigenvalue weighted by Crippen LogP contribution is 2.20. The Morgan fingerprint density at radius 2 is 1.85 bits per heavy atom. The molecule has 9 nitrogen and oxygen atoms in total. The summed E-state index contributed by atoms with van der Waals surface area (Å²) in [5.74, 6) is -0.774. The third-order valence-corrected chi connectivity index (χ3v) is 6.15. The standard InChI is InChI=1S/C24H24FN5O4/c25-18-6-2-1-5-17(18)14-29-11-9-16(10-12-29)13-26-22(31)23-27-21(28-34-23)15-30-19-7-3-4-8-20(19)33-24(30)32/h1-8,16H,9-15H2,(H,26,31). The van der Waals surface area contributed by atoms with E-state index < -0.39 is 11.7 Å². The first-order chi connectivity index (χ1) is 16.6. The van der Waals surface area contributed by atoms with Crippen LogP contribution in [0.3, 0.4) is 0 Å². The Hall–Kier alpha value is -3.79. The second-order valence-electron chi connectivity index (χ2n) is 8.46. The molecule has 34 heavy (non-hydrogen) atoms. The van der Waals surface area contributed by atoms with Crippen molar-refractivity contribution in [1.29, 1.82) is 0 Å². The fourth-order valence-corrected chi connectivity index (χ4v) is 4.24. The lowest BCUT2D eigenvalue weighted by Crippen LogP contribution is -2.38. The van der Waals surface area contributed by atoms with Crippen LogP contribution in [0, 0.1) is 11.7 Å². The Labute approximate surface area is 194 Å². The number of likely N-dealkylation sites (tertiary alicyclic amines) is 1. The smallest absolute Gasteiger partial charge is 0.408 e. The van der Waals surface area contributed by atoms with Crippen molar-refractivity contribution in [1.82, 2.24) is 24.9 Å². The lowest BCUT2D eigenvalue weighted by atomic mass is 9.96. The molecule has 10 heteroatoms. The molecule has 0 spiro atoms. The molecule has 1 amide bonds. The quantitative estimate of drug-likeness (QED) is 0.447. The number of halogens is 1. The van der Waals surface area contributed by atoms with E-state index in [0.717, 1.165) is 25.9 Å². The zero-order valence-corrected chi connectivity index (χ0v) is 18.4. The summed E-state index contributed by atoms with van der Waals surface area (Å²) in [6.07, 6.45) is 1.81.